The maximum absolute atomic E-state index is 11.9. The topological polar surface area (TPSA) is 38.3 Å². The van der Waals surface area contributed by atoms with Crippen molar-refractivity contribution in [1.29, 1.82) is 0 Å². The van der Waals surface area contributed by atoms with Crippen LogP contribution in [0.5, 0.6) is 0 Å². The molecule has 0 aliphatic carbocycles. The van der Waals surface area contributed by atoms with E-state index in [1.165, 1.54) is 0 Å². The molecule has 4 heteroatoms. The number of carbonyl (C=O) groups excluding carboxylic acids is 1. The van der Waals surface area contributed by atoms with Crippen molar-refractivity contribution < 1.29 is 9.53 Å². The minimum atomic E-state index is -0.568. The van der Waals surface area contributed by atoms with Gasteiger partial charge >= 0.3 is 0 Å². The number of nitrogens with one attached hydrogen (secondary N) is 1. The van der Waals surface area contributed by atoms with Gasteiger partial charge in [0.05, 0.1) is 10.9 Å². The largest absolute Gasteiger partial charge is 0.384 e. The molecule has 0 bridgehead atoms. The van der Waals surface area contributed by atoms with Gasteiger partial charge in [-0.3, -0.25) is 4.79 Å². The second-order valence-corrected chi connectivity index (χ2v) is 6.31. The van der Waals surface area contributed by atoms with Crippen molar-refractivity contribution in [3.8, 4) is 0 Å². The molecular weight excluding hydrogens is 282 g/mol. The van der Waals surface area contributed by atoms with Crippen molar-refractivity contribution in [2.45, 2.75) is 24.6 Å². The molecule has 0 unspecified atom stereocenters. The number of amides is 1. The first-order valence-electron chi connectivity index (χ1n) is 5.52. The van der Waals surface area contributed by atoms with E-state index in [1.807, 2.05) is 38.1 Å². The maximum atomic E-state index is 11.9. The normalized spacial score (nSPS) is 11.3. The average molecular weight is 300 g/mol. The van der Waals surface area contributed by atoms with Crippen molar-refractivity contribution in [1.82, 2.24) is 0 Å². The molecule has 3 nitrogen and oxygen atoms in total. The van der Waals surface area contributed by atoms with Crippen LogP contribution in [0.25, 0.3) is 0 Å². The molecule has 1 aromatic rings. The van der Waals surface area contributed by atoms with Crippen LogP contribution in [0.2, 0.25) is 0 Å². The molecule has 0 aliphatic heterocycles. The smallest absolute Gasteiger partial charge is 0.240 e. The first kappa shape index (κ1) is 14.2. The summed E-state index contributed by atoms with van der Waals surface area (Å²) in [7, 11) is 1.67. The van der Waals surface area contributed by atoms with Crippen LogP contribution in [-0.4, -0.2) is 23.9 Å². The van der Waals surface area contributed by atoms with Gasteiger partial charge in [0.1, 0.15) is 0 Å². The van der Waals surface area contributed by atoms with E-state index in [9.17, 15) is 4.79 Å². The molecule has 94 valence electrons. The SMILES string of the molecule is COCCc1ccccc1NC(=O)C(C)(C)Br. The van der Waals surface area contributed by atoms with E-state index < -0.39 is 4.32 Å². The van der Waals surface area contributed by atoms with Crippen molar-refractivity contribution >= 4 is 27.5 Å². The predicted molar refractivity (Wildman–Crippen MR) is 73.7 cm³/mol. The lowest BCUT2D eigenvalue weighted by Gasteiger charge is -2.17. The first-order chi connectivity index (χ1) is 7.95. The molecule has 0 spiro atoms. The lowest BCUT2D eigenvalue weighted by atomic mass is 10.1. The van der Waals surface area contributed by atoms with Gasteiger partial charge in [0, 0.05) is 12.8 Å². The van der Waals surface area contributed by atoms with E-state index in [2.05, 4.69) is 21.2 Å². The van der Waals surface area contributed by atoms with Gasteiger partial charge in [-0.15, -0.1) is 0 Å². The Balaban J connectivity index is 2.80. The number of rotatable bonds is 5. The van der Waals surface area contributed by atoms with Gasteiger partial charge in [-0.2, -0.15) is 0 Å². The monoisotopic (exact) mass is 299 g/mol. The standard InChI is InChI=1S/C13H18BrNO2/c1-13(2,14)12(16)15-11-7-5-4-6-10(11)8-9-17-3/h4-7H,8-9H2,1-3H3,(H,15,16). The lowest BCUT2D eigenvalue weighted by molar-refractivity contribution is -0.117. The molecule has 1 N–H and O–H groups in total. The Morgan fingerprint density at radius 1 is 1.41 bits per heavy atom. The van der Waals surface area contributed by atoms with Gasteiger partial charge < -0.3 is 10.1 Å². The van der Waals surface area contributed by atoms with E-state index in [0.717, 1.165) is 17.7 Å². The zero-order valence-electron chi connectivity index (χ0n) is 10.4. The summed E-state index contributed by atoms with van der Waals surface area (Å²) in [6.07, 6.45) is 0.787. The Morgan fingerprint density at radius 3 is 2.65 bits per heavy atom. The van der Waals surface area contributed by atoms with E-state index >= 15 is 0 Å². The number of para-hydroxylation sites is 1. The second-order valence-electron chi connectivity index (χ2n) is 4.33. The number of benzene rings is 1. The fraction of sp³-hybridized carbons (Fsp3) is 0.462. The van der Waals surface area contributed by atoms with E-state index in [4.69, 9.17) is 4.74 Å². The number of alkyl halides is 1. The summed E-state index contributed by atoms with van der Waals surface area (Å²) >= 11 is 3.34. The maximum Gasteiger partial charge on any atom is 0.240 e. The Kier molecular flexibility index (Phi) is 5.15. The quantitative estimate of drug-likeness (QED) is 0.849. The zero-order chi connectivity index (χ0) is 12.9. The number of carbonyl (C=O) groups is 1. The van der Waals surface area contributed by atoms with E-state index in [1.54, 1.807) is 7.11 Å². The summed E-state index contributed by atoms with van der Waals surface area (Å²) in [4.78, 5) is 11.9. The molecule has 1 amide bonds. The van der Waals surface area contributed by atoms with E-state index in [-0.39, 0.29) is 5.91 Å². The Hall–Kier alpha value is -0.870. The van der Waals surface area contributed by atoms with Gasteiger partial charge in [-0.1, -0.05) is 34.1 Å². The first-order valence-corrected chi connectivity index (χ1v) is 6.31. The Bertz CT molecular complexity index is 385. The lowest BCUT2D eigenvalue weighted by Crippen LogP contribution is -2.31. The van der Waals surface area contributed by atoms with Crippen LogP contribution in [-0.2, 0) is 16.0 Å². The molecule has 0 fully saturated rings. The van der Waals surface area contributed by atoms with Crippen LogP contribution < -0.4 is 5.32 Å². The van der Waals surface area contributed by atoms with Crippen LogP contribution >= 0.6 is 15.9 Å². The van der Waals surface area contributed by atoms with Crippen molar-refractivity contribution in [2.75, 3.05) is 19.0 Å². The van der Waals surface area contributed by atoms with Crippen molar-refractivity contribution in [3.05, 3.63) is 29.8 Å². The molecule has 0 radical (unpaired) electrons. The van der Waals surface area contributed by atoms with Crippen LogP contribution in [0.15, 0.2) is 24.3 Å². The molecule has 1 aromatic carbocycles. The molecule has 0 saturated heterocycles. The van der Waals surface area contributed by atoms with Crippen LogP contribution in [0.1, 0.15) is 19.4 Å². The zero-order valence-corrected chi connectivity index (χ0v) is 12.0. The fourth-order valence-electron chi connectivity index (χ4n) is 1.34. The third-order valence-electron chi connectivity index (χ3n) is 2.38. The van der Waals surface area contributed by atoms with Crippen LogP contribution in [0.3, 0.4) is 0 Å². The molecule has 0 aromatic heterocycles. The van der Waals surface area contributed by atoms with Crippen LogP contribution in [0, 0.1) is 0 Å². The highest BCUT2D eigenvalue weighted by Gasteiger charge is 2.23. The number of ether oxygens (including phenoxy) is 1. The third-order valence-corrected chi connectivity index (χ3v) is 2.74. The number of hydrogen-bond donors (Lipinski definition) is 1. The van der Waals surface area contributed by atoms with Gasteiger partial charge in [0.15, 0.2) is 0 Å². The molecule has 17 heavy (non-hydrogen) atoms. The number of anilines is 1. The summed E-state index contributed by atoms with van der Waals surface area (Å²) in [5.74, 6) is -0.0534. The summed E-state index contributed by atoms with van der Waals surface area (Å²) in [6, 6.07) is 7.77. The Morgan fingerprint density at radius 2 is 2.06 bits per heavy atom. The summed E-state index contributed by atoms with van der Waals surface area (Å²) in [5, 5.41) is 2.92. The molecule has 0 heterocycles. The minimum Gasteiger partial charge on any atom is -0.384 e. The van der Waals surface area contributed by atoms with Crippen molar-refractivity contribution in [2.24, 2.45) is 0 Å². The minimum absolute atomic E-state index is 0.0534. The Labute approximate surface area is 111 Å². The number of methoxy groups -OCH3 is 1. The second kappa shape index (κ2) is 6.17. The molecular formula is C13H18BrNO2. The van der Waals surface area contributed by atoms with Gasteiger partial charge in [-0.25, -0.2) is 0 Å². The van der Waals surface area contributed by atoms with Gasteiger partial charge in [0.2, 0.25) is 5.91 Å². The summed E-state index contributed by atoms with van der Waals surface area (Å²) < 4.78 is 4.48. The summed E-state index contributed by atoms with van der Waals surface area (Å²) in [6.45, 7) is 4.28. The fourth-order valence-corrected chi connectivity index (χ4v) is 1.44. The van der Waals surface area contributed by atoms with Crippen LogP contribution in [0.4, 0.5) is 5.69 Å². The highest BCUT2D eigenvalue weighted by molar-refractivity contribution is 9.10. The summed E-state index contributed by atoms with van der Waals surface area (Å²) in [5.41, 5.74) is 1.93. The highest BCUT2D eigenvalue weighted by atomic mass is 79.9. The van der Waals surface area contributed by atoms with Gasteiger partial charge in [0.25, 0.3) is 0 Å². The van der Waals surface area contributed by atoms with Crippen molar-refractivity contribution in [3.63, 3.8) is 0 Å². The van der Waals surface area contributed by atoms with Gasteiger partial charge in [-0.05, 0) is 31.9 Å². The van der Waals surface area contributed by atoms with E-state index in [0.29, 0.717) is 6.61 Å². The number of halogens is 1. The third kappa shape index (κ3) is 4.48. The molecule has 0 atom stereocenters. The molecule has 0 aliphatic rings. The highest BCUT2D eigenvalue weighted by Crippen LogP contribution is 2.21. The predicted octanol–water partition coefficient (Wildman–Crippen LogP) is 2.99. The average Bonchev–Trinajstić information content (AvgIpc) is 2.26. The molecule has 0 saturated carbocycles. The number of hydrogen-bond acceptors (Lipinski definition) is 2. The molecule has 1 rings (SSSR count).